The van der Waals surface area contributed by atoms with E-state index in [9.17, 15) is 27.6 Å². The number of amides is 1. The molecule has 0 radical (unpaired) electrons. The van der Waals surface area contributed by atoms with Crippen molar-refractivity contribution >= 4 is 29.3 Å². The third-order valence-corrected chi connectivity index (χ3v) is 2.01. The summed E-state index contributed by atoms with van der Waals surface area (Å²) in [4.78, 5) is 32.9. The smallest absolute Gasteiger partial charge is 0.464 e. The van der Waals surface area contributed by atoms with Gasteiger partial charge in [-0.2, -0.15) is 13.2 Å². The number of alkyl halides is 4. The fourth-order valence-corrected chi connectivity index (χ4v) is 1.07. The second-order valence-electron chi connectivity index (χ2n) is 3.15. The van der Waals surface area contributed by atoms with Gasteiger partial charge in [0.15, 0.2) is 0 Å². The largest absolute Gasteiger partial charge is 0.471 e. The van der Waals surface area contributed by atoms with Gasteiger partial charge in [-0.15, -0.1) is 11.6 Å². The topological polar surface area (TPSA) is 72.5 Å². The predicted molar refractivity (Wildman–Crippen MR) is 55.0 cm³/mol. The van der Waals surface area contributed by atoms with E-state index >= 15 is 0 Å². The van der Waals surface area contributed by atoms with E-state index in [-0.39, 0.29) is 6.61 Å². The quantitative estimate of drug-likeness (QED) is 0.580. The monoisotopic (exact) mass is 289 g/mol. The number of carbonyl (C=O) groups is 3. The Hall–Kier alpha value is -1.31. The highest BCUT2D eigenvalue weighted by Gasteiger charge is 2.41. The molecule has 0 saturated carbocycles. The summed E-state index contributed by atoms with van der Waals surface area (Å²) in [5.41, 5.74) is 0. The van der Waals surface area contributed by atoms with Crippen molar-refractivity contribution < 1.29 is 32.3 Å². The average molecular weight is 290 g/mol. The second kappa shape index (κ2) is 7.20. The molecular formula is C9H11ClF3NO4. The number of hydrogen-bond acceptors (Lipinski definition) is 4. The zero-order valence-electron chi connectivity index (χ0n) is 9.34. The van der Waals surface area contributed by atoms with E-state index in [1.165, 1.54) is 12.2 Å². The molecule has 1 amide bonds. The molecule has 0 aliphatic rings. The van der Waals surface area contributed by atoms with Crippen molar-refractivity contribution in [2.24, 2.45) is 0 Å². The number of Topliss-reactive ketones (excluding diaryl/α,β-unsaturated/α-hetero) is 1. The molecule has 0 unspecified atom stereocenters. The maximum Gasteiger partial charge on any atom is 0.471 e. The second-order valence-corrected chi connectivity index (χ2v) is 3.42. The number of ketones is 1. The Labute approximate surface area is 106 Å². The molecule has 0 fully saturated rings. The van der Waals surface area contributed by atoms with Gasteiger partial charge >= 0.3 is 18.1 Å². The molecular weight excluding hydrogens is 279 g/mol. The van der Waals surface area contributed by atoms with Gasteiger partial charge in [-0.05, 0) is 6.92 Å². The number of esters is 1. The van der Waals surface area contributed by atoms with Gasteiger partial charge in [0.05, 0.1) is 12.5 Å². The summed E-state index contributed by atoms with van der Waals surface area (Å²) >= 11 is 5.17. The minimum Gasteiger partial charge on any atom is -0.464 e. The molecule has 0 aliphatic heterocycles. The standard InChI is InChI=1S/C9H11ClF3NO4/c1-2-18-7(16)6(3-5(15)4-10)14-8(17)9(11,12)13/h6H,2-4H2,1H3,(H,14,17)/t6-/m1/s1. The summed E-state index contributed by atoms with van der Waals surface area (Å²) in [5.74, 6) is -4.59. The number of halogens is 4. The van der Waals surface area contributed by atoms with E-state index in [2.05, 4.69) is 4.74 Å². The number of ether oxygens (including phenoxy) is 1. The molecule has 1 atom stereocenters. The lowest BCUT2D eigenvalue weighted by molar-refractivity contribution is -0.176. The molecule has 104 valence electrons. The first-order valence-electron chi connectivity index (χ1n) is 4.84. The highest BCUT2D eigenvalue weighted by Crippen LogP contribution is 2.15. The molecule has 9 heteroatoms. The lowest BCUT2D eigenvalue weighted by Crippen LogP contribution is -2.48. The van der Waals surface area contributed by atoms with Gasteiger partial charge in [0, 0.05) is 6.42 Å². The fourth-order valence-electron chi connectivity index (χ4n) is 0.958. The lowest BCUT2D eigenvalue weighted by Gasteiger charge is -2.17. The lowest BCUT2D eigenvalue weighted by atomic mass is 10.1. The van der Waals surface area contributed by atoms with Crippen LogP contribution in [0.2, 0.25) is 0 Å². The van der Waals surface area contributed by atoms with Gasteiger partial charge in [0.1, 0.15) is 11.8 Å². The van der Waals surface area contributed by atoms with Crippen LogP contribution in [0.4, 0.5) is 13.2 Å². The van der Waals surface area contributed by atoms with Crippen LogP contribution >= 0.6 is 11.6 Å². The molecule has 0 bridgehead atoms. The van der Waals surface area contributed by atoms with Crippen molar-refractivity contribution in [1.29, 1.82) is 0 Å². The fraction of sp³-hybridized carbons (Fsp3) is 0.667. The van der Waals surface area contributed by atoms with Crippen molar-refractivity contribution in [2.75, 3.05) is 12.5 Å². The molecule has 0 rings (SSSR count). The number of rotatable bonds is 6. The summed E-state index contributed by atoms with van der Waals surface area (Å²) in [5, 5.41) is 1.39. The van der Waals surface area contributed by atoms with Gasteiger partial charge in [-0.25, -0.2) is 4.79 Å². The molecule has 18 heavy (non-hydrogen) atoms. The van der Waals surface area contributed by atoms with Gasteiger partial charge < -0.3 is 10.1 Å². The van der Waals surface area contributed by atoms with Crippen molar-refractivity contribution in [3.05, 3.63) is 0 Å². The molecule has 0 spiro atoms. The first-order valence-corrected chi connectivity index (χ1v) is 5.37. The van der Waals surface area contributed by atoms with E-state index in [0.717, 1.165) is 0 Å². The average Bonchev–Trinajstić information content (AvgIpc) is 2.26. The maximum atomic E-state index is 12.0. The van der Waals surface area contributed by atoms with E-state index in [0.29, 0.717) is 0 Å². The zero-order chi connectivity index (χ0) is 14.3. The number of nitrogens with one attached hydrogen (secondary N) is 1. The van der Waals surface area contributed by atoms with Gasteiger partial charge in [0.2, 0.25) is 0 Å². The SMILES string of the molecule is CCOC(=O)[C@@H](CC(=O)CCl)NC(=O)C(F)(F)F. The van der Waals surface area contributed by atoms with Crippen LogP contribution in [-0.4, -0.2) is 42.4 Å². The Bertz CT molecular complexity index is 332. The Morgan fingerprint density at radius 2 is 1.89 bits per heavy atom. The van der Waals surface area contributed by atoms with Crippen LogP contribution in [0.15, 0.2) is 0 Å². The summed E-state index contributed by atoms with van der Waals surface area (Å²) < 4.78 is 40.5. The van der Waals surface area contributed by atoms with Gasteiger partial charge in [0.25, 0.3) is 0 Å². The van der Waals surface area contributed by atoms with Crippen LogP contribution < -0.4 is 5.32 Å². The molecule has 0 saturated heterocycles. The van der Waals surface area contributed by atoms with Crippen molar-refractivity contribution in [2.45, 2.75) is 25.6 Å². The molecule has 0 heterocycles. The maximum absolute atomic E-state index is 12.0. The zero-order valence-corrected chi connectivity index (χ0v) is 10.1. The van der Waals surface area contributed by atoms with E-state index in [4.69, 9.17) is 11.6 Å². The van der Waals surface area contributed by atoms with Crippen molar-refractivity contribution in [3.8, 4) is 0 Å². The summed E-state index contributed by atoms with van der Waals surface area (Å²) in [6.07, 6.45) is -5.79. The molecule has 0 aliphatic carbocycles. The highest BCUT2D eigenvalue weighted by molar-refractivity contribution is 6.27. The first-order chi connectivity index (χ1) is 8.22. The van der Waals surface area contributed by atoms with Crippen molar-refractivity contribution in [1.82, 2.24) is 5.32 Å². The molecule has 0 aromatic carbocycles. The summed E-state index contributed by atoms with van der Waals surface area (Å²) in [7, 11) is 0. The first kappa shape index (κ1) is 16.7. The number of hydrogen-bond donors (Lipinski definition) is 1. The van der Waals surface area contributed by atoms with Crippen LogP contribution in [0.1, 0.15) is 13.3 Å². The normalized spacial score (nSPS) is 12.7. The van der Waals surface area contributed by atoms with Crippen LogP contribution in [0, 0.1) is 0 Å². The van der Waals surface area contributed by atoms with Crippen molar-refractivity contribution in [3.63, 3.8) is 0 Å². The Morgan fingerprint density at radius 1 is 1.33 bits per heavy atom. The van der Waals surface area contributed by atoms with Crippen LogP contribution in [0.5, 0.6) is 0 Å². The molecule has 0 aromatic rings. The van der Waals surface area contributed by atoms with E-state index < -0.39 is 42.2 Å². The third kappa shape index (κ3) is 5.85. The Morgan fingerprint density at radius 3 is 2.28 bits per heavy atom. The van der Waals surface area contributed by atoms with Gasteiger partial charge in [-0.3, -0.25) is 9.59 Å². The minimum absolute atomic E-state index is 0.0910. The summed E-state index contributed by atoms with van der Waals surface area (Å²) in [6.45, 7) is 1.34. The van der Waals surface area contributed by atoms with Crippen LogP contribution in [0.25, 0.3) is 0 Å². The minimum atomic E-state index is -5.14. The predicted octanol–water partition coefficient (Wildman–Crippen LogP) is 0.795. The van der Waals surface area contributed by atoms with E-state index in [1.54, 1.807) is 0 Å². The molecule has 0 aromatic heterocycles. The highest BCUT2D eigenvalue weighted by atomic mass is 35.5. The van der Waals surface area contributed by atoms with Crippen LogP contribution in [0.3, 0.4) is 0 Å². The molecule has 1 N–H and O–H groups in total. The van der Waals surface area contributed by atoms with Gasteiger partial charge in [-0.1, -0.05) is 0 Å². The summed E-state index contributed by atoms with van der Waals surface area (Å²) in [6, 6.07) is -1.69. The Kier molecular flexibility index (Phi) is 6.67. The number of carbonyl (C=O) groups excluding carboxylic acids is 3. The third-order valence-electron chi connectivity index (χ3n) is 1.71. The van der Waals surface area contributed by atoms with Crippen LogP contribution in [-0.2, 0) is 19.1 Å². The Balaban J connectivity index is 4.72. The van der Waals surface area contributed by atoms with E-state index in [1.807, 2.05) is 0 Å². The molecule has 5 nitrogen and oxygen atoms in total.